The van der Waals surface area contributed by atoms with Crippen LogP contribution in [-0.4, -0.2) is 74.2 Å². The molecule has 0 spiro atoms. The van der Waals surface area contributed by atoms with Crippen LogP contribution in [0.25, 0.3) is 22.6 Å². The van der Waals surface area contributed by atoms with Crippen LogP contribution in [0.3, 0.4) is 0 Å². The maximum Gasteiger partial charge on any atom is 0.263 e. The van der Waals surface area contributed by atoms with Gasteiger partial charge in [0.2, 0.25) is 0 Å². The van der Waals surface area contributed by atoms with Gasteiger partial charge in [-0.3, -0.25) is 0 Å². The number of aliphatic carboxylic acids is 4. The van der Waals surface area contributed by atoms with Crippen molar-refractivity contribution >= 4 is 52.2 Å². The molecule has 2 aromatic carbocycles. The second-order valence-electron chi connectivity index (χ2n) is 9.65. The van der Waals surface area contributed by atoms with Crippen LogP contribution < -0.4 is 44.8 Å². The number of aromatic carboxylic acids is 1. The lowest BCUT2D eigenvalue weighted by Crippen LogP contribution is -2.44. The molecule has 4 rings (SSSR count). The van der Waals surface area contributed by atoms with Crippen LogP contribution in [0.2, 0.25) is 0 Å². The van der Waals surface area contributed by atoms with Crippen LogP contribution in [0.5, 0.6) is 11.5 Å². The number of nitrogens with zero attached hydrogens (tertiary/aromatic N) is 3. The molecule has 0 aliphatic heterocycles. The first-order valence-corrected chi connectivity index (χ1v) is 13.2. The predicted molar refractivity (Wildman–Crippen MR) is 143 cm³/mol. The smallest absolute Gasteiger partial charge is 0.263 e. The summed E-state index contributed by atoms with van der Waals surface area (Å²) in [6.45, 7) is -2.03. The monoisotopic (exact) mass is 636 g/mol. The number of hydrogen-bond donors (Lipinski definition) is 0. The summed E-state index contributed by atoms with van der Waals surface area (Å²) in [5.74, 6) is -8.67. The number of aryl methyl sites for hydroxylation is 1. The van der Waals surface area contributed by atoms with Crippen molar-refractivity contribution in [1.82, 2.24) is 4.98 Å². The Hall–Kier alpha value is -6.26. The Morgan fingerprint density at radius 2 is 1.26 bits per heavy atom. The maximum atomic E-state index is 11.4. The first-order chi connectivity index (χ1) is 21.8. The molecule has 2 aromatic heterocycles. The summed E-state index contributed by atoms with van der Waals surface area (Å²) in [6.07, 6.45) is 0.912. The number of aromatic nitrogens is 1. The van der Waals surface area contributed by atoms with Crippen LogP contribution >= 0.6 is 0 Å². The number of rotatable bonds is 17. The average Bonchev–Trinajstić information content (AvgIpc) is 3.61. The second kappa shape index (κ2) is 14.0. The highest BCUT2D eigenvalue weighted by atomic mass is 16.5. The normalized spacial score (nSPS) is 10.8. The molecule has 0 saturated carbocycles. The molecule has 0 amide bonds. The topological polar surface area (TPSA) is 265 Å². The summed E-state index contributed by atoms with van der Waals surface area (Å²) in [6, 6.07) is 8.65. The molecule has 46 heavy (non-hydrogen) atoms. The third-order valence-corrected chi connectivity index (χ3v) is 6.19. The third kappa shape index (κ3) is 8.22. The van der Waals surface area contributed by atoms with Crippen molar-refractivity contribution in [3.63, 3.8) is 0 Å². The minimum Gasteiger partial charge on any atom is -0.548 e. The highest BCUT2D eigenvalue weighted by molar-refractivity contribution is 5.90. The van der Waals surface area contributed by atoms with E-state index in [2.05, 4.69) is 4.98 Å². The number of fused-ring (bicyclic) bond motifs is 1. The largest absolute Gasteiger partial charge is 0.548 e. The van der Waals surface area contributed by atoms with E-state index in [-0.39, 0.29) is 53.3 Å². The number of anilines is 2. The molecule has 0 saturated heterocycles. The van der Waals surface area contributed by atoms with E-state index in [1.165, 1.54) is 30.3 Å². The lowest BCUT2D eigenvalue weighted by molar-refractivity contribution is -0.307. The Kier molecular flexibility index (Phi) is 9.95. The number of ether oxygens (including phenoxy) is 2. The number of carboxylic acids is 5. The molecule has 0 N–H and O–H groups in total. The van der Waals surface area contributed by atoms with Gasteiger partial charge in [-0.25, -0.2) is 4.98 Å². The molecule has 0 fully saturated rings. The first-order valence-electron chi connectivity index (χ1n) is 13.2. The van der Waals surface area contributed by atoms with E-state index in [1.807, 2.05) is 0 Å². The molecule has 0 bridgehead atoms. The minimum absolute atomic E-state index is 0.0232. The zero-order chi connectivity index (χ0) is 33.5. The highest BCUT2D eigenvalue weighted by Crippen LogP contribution is 2.37. The second-order valence-corrected chi connectivity index (χ2v) is 9.65. The van der Waals surface area contributed by atoms with Gasteiger partial charge in [-0.1, -0.05) is 6.07 Å². The summed E-state index contributed by atoms with van der Waals surface area (Å²) < 4.78 is 22.4. The van der Waals surface area contributed by atoms with Crippen LogP contribution in [0.15, 0.2) is 51.4 Å². The summed E-state index contributed by atoms with van der Waals surface area (Å²) in [5.41, 5.74) is 0.917. The van der Waals surface area contributed by atoms with Gasteiger partial charge in [-0.15, -0.1) is 0 Å². The predicted octanol–water partition coefficient (Wildman–Crippen LogP) is -4.17. The zero-order valence-electron chi connectivity index (χ0n) is 23.8. The van der Waals surface area contributed by atoms with E-state index in [0.717, 1.165) is 16.0 Å². The van der Waals surface area contributed by atoms with Crippen molar-refractivity contribution in [2.45, 2.75) is 6.92 Å². The molecular weight excluding hydrogens is 614 g/mol. The zero-order valence-corrected chi connectivity index (χ0v) is 23.8. The summed E-state index contributed by atoms with van der Waals surface area (Å²) in [7, 11) is 0. The summed E-state index contributed by atoms with van der Waals surface area (Å²) in [5, 5.41) is 56.7. The van der Waals surface area contributed by atoms with E-state index in [1.54, 1.807) is 13.0 Å². The average molecular weight is 637 g/mol. The Balaban J connectivity index is 1.63. The number of benzene rings is 2. The fourth-order valence-corrected chi connectivity index (χ4v) is 4.38. The number of carbonyl (C=O) groups excluding carboxylic acids is 5. The van der Waals surface area contributed by atoms with E-state index in [0.29, 0.717) is 10.9 Å². The molecule has 4 aromatic rings. The van der Waals surface area contributed by atoms with Gasteiger partial charge < -0.3 is 77.6 Å². The van der Waals surface area contributed by atoms with E-state index in [4.69, 9.17) is 18.3 Å². The Labute approximate surface area is 258 Å². The van der Waals surface area contributed by atoms with Gasteiger partial charge in [-0.05, 0) is 36.8 Å². The summed E-state index contributed by atoms with van der Waals surface area (Å²) >= 11 is 0. The quantitative estimate of drug-likeness (QED) is 0.0995. The van der Waals surface area contributed by atoms with Crippen LogP contribution in [-0.2, 0) is 19.2 Å². The van der Waals surface area contributed by atoms with Crippen molar-refractivity contribution in [2.24, 2.45) is 0 Å². The lowest BCUT2D eigenvalue weighted by Gasteiger charge is -2.28. The fourth-order valence-electron chi connectivity index (χ4n) is 4.38. The minimum atomic E-state index is -1.61. The lowest BCUT2D eigenvalue weighted by atomic mass is 10.2. The molecule has 0 radical (unpaired) electrons. The van der Waals surface area contributed by atoms with Gasteiger partial charge in [0.05, 0.1) is 67.6 Å². The molecule has 17 heteroatoms. The van der Waals surface area contributed by atoms with Gasteiger partial charge in [0.15, 0.2) is 11.5 Å². The first kappa shape index (κ1) is 32.6. The van der Waals surface area contributed by atoms with Crippen molar-refractivity contribution in [3.05, 3.63) is 53.9 Å². The Morgan fingerprint density at radius 3 is 1.78 bits per heavy atom. The van der Waals surface area contributed by atoms with Crippen molar-refractivity contribution in [3.8, 4) is 23.1 Å². The number of carboxylic acid groups (broad SMARTS) is 5. The van der Waals surface area contributed by atoms with Gasteiger partial charge in [0.25, 0.3) is 5.89 Å². The maximum absolute atomic E-state index is 11.4. The van der Waals surface area contributed by atoms with Crippen LogP contribution in [0, 0.1) is 6.92 Å². The van der Waals surface area contributed by atoms with Gasteiger partial charge in [-0.2, -0.15) is 0 Å². The van der Waals surface area contributed by atoms with E-state index in [9.17, 15) is 49.5 Å². The Morgan fingerprint density at radius 1 is 0.717 bits per heavy atom. The van der Waals surface area contributed by atoms with Crippen molar-refractivity contribution in [1.29, 1.82) is 0 Å². The number of hydrogen-bond acceptors (Lipinski definition) is 17. The number of carbonyl (C=O) groups is 5. The molecule has 0 atom stereocenters. The molecule has 0 aliphatic rings. The Bertz CT molecular complexity index is 1760. The van der Waals surface area contributed by atoms with Gasteiger partial charge >= 0.3 is 0 Å². The number of furan rings is 1. The molecule has 242 valence electrons. The van der Waals surface area contributed by atoms with E-state index >= 15 is 0 Å². The molecular formula is C29H22N3O14-5. The van der Waals surface area contributed by atoms with Gasteiger partial charge in [0.1, 0.15) is 36.3 Å². The van der Waals surface area contributed by atoms with Crippen molar-refractivity contribution < 1.29 is 67.8 Å². The SMILES string of the molecule is Cc1ccc(N(CC(=O)[O-])CC(=O)[O-])c(OCCOc2cc3oc(-c4ncc(C(=O)[O-])o4)cc3cc2N(CC(=O)[O-])CC(=O)[O-])c1. The van der Waals surface area contributed by atoms with Crippen molar-refractivity contribution in [2.75, 3.05) is 49.2 Å². The molecule has 0 aliphatic carbocycles. The van der Waals surface area contributed by atoms with Crippen LogP contribution in [0.1, 0.15) is 16.1 Å². The molecule has 2 heterocycles. The highest BCUT2D eigenvalue weighted by Gasteiger charge is 2.20. The third-order valence-electron chi connectivity index (χ3n) is 6.19. The summed E-state index contributed by atoms with van der Waals surface area (Å²) in [4.78, 5) is 62.1. The fraction of sp³-hybridized carbons (Fsp3) is 0.241. The molecule has 17 nitrogen and oxygen atoms in total. The van der Waals surface area contributed by atoms with Crippen LogP contribution in [0.4, 0.5) is 11.4 Å². The molecule has 0 unspecified atom stereocenters. The van der Waals surface area contributed by atoms with Gasteiger partial charge in [0, 0.05) is 11.5 Å². The standard InChI is InChI=1S/C29H27N3O14/c1-15-2-3-17(31(11-24(33)34)12-25(35)36)20(6-15)43-4-5-44-21-9-19-16(7-18(21)32(13-26(37)38)14-27(39)40)8-22(45-19)28-30-10-23(46-28)29(41)42/h2-3,6-10H,4-5,11-14H2,1H3,(H,33,34)(H,35,36)(H,37,38)(H,39,40)(H,41,42)/p-5. The number of oxazole rings is 1. The van der Waals surface area contributed by atoms with E-state index < -0.39 is 61.8 Å².